The summed E-state index contributed by atoms with van der Waals surface area (Å²) in [4.78, 5) is 33.4. The van der Waals surface area contributed by atoms with Crippen molar-refractivity contribution in [2.45, 2.75) is 76.2 Å². The Morgan fingerprint density at radius 3 is 2.43 bits per heavy atom. The molecule has 2 aliphatic rings. The molecule has 0 saturated carbocycles. The van der Waals surface area contributed by atoms with E-state index >= 15 is 0 Å². The van der Waals surface area contributed by atoms with E-state index < -0.39 is 5.66 Å². The second kappa shape index (κ2) is 10.2. The van der Waals surface area contributed by atoms with Crippen LogP contribution in [0.4, 0.5) is 4.39 Å². The van der Waals surface area contributed by atoms with Crippen LogP contribution in [0.3, 0.4) is 0 Å². The third-order valence-electron chi connectivity index (χ3n) is 8.42. The number of para-hydroxylation sites is 1. The van der Waals surface area contributed by atoms with Crippen LogP contribution in [-0.2, 0) is 15.3 Å². The van der Waals surface area contributed by atoms with Gasteiger partial charge in [0, 0.05) is 45.1 Å². The minimum atomic E-state index is -0.632. The Morgan fingerprint density at radius 1 is 1.08 bits per heavy atom. The topological polar surface area (TPSA) is 70.5 Å². The number of fused-ring (bicyclic) bond motifs is 3. The number of carbonyl (C=O) groups is 2. The second-order valence-electron chi connectivity index (χ2n) is 10.5. The van der Waals surface area contributed by atoms with Crippen LogP contribution < -0.4 is 5.32 Å². The fourth-order valence-electron chi connectivity index (χ4n) is 6.51. The molecule has 0 aliphatic carbocycles. The molecule has 3 aromatic rings. The SMILES string of the molecule is CC[C@@](NC(=O)CCN(C)C(C)=O)(c1ccccc1)N1[C@@H]2CC[C@H]1CC(n1cnc3c(F)cccc31)C2. The van der Waals surface area contributed by atoms with Crippen molar-refractivity contribution in [3.8, 4) is 0 Å². The molecule has 2 saturated heterocycles. The van der Waals surface area contributed by atoms with E-state index in [-0.39, 0.29) is 42.2 Å². The summed E-state index contributed by atoms with van der Waals surface area (Å²) < 4.78 is 16.5. The van der Waals surface area contributed by atoms with Crippen LogP contribution in [0.25, 0.3) is 11.0 Å². The number of hydrogen-bond acceptors (Lipinski definition) is 4. The number of nitrogens with one attached hydrogen (secondary N) is 1. The number of halogens is 1. The third-order valence-corrected chi connectivity index (χ3v) is 8.42. The Labute approximate surface area is 217 Å². The van der Waals surface area contributed by atoms with E-state index in [9.17, 15) is 14.0 Å². The minimum Gasteiger partial charge on any atom is -0.345 e. The number of aromatic nitrogens is 2. The molecule has 0 radical (unpaired) electrons. The molecule has 2 amide bonds. The zero-order valence-corrected chi connectivity index (χ0v) is 21.9. The van der Waals surface area contributed by atoms with Gasteiger partial charge in [0.2, 0.25) is 11.8 Å². The fraction of sp³-hybridized carbons (Fsp3) is 0.483. The van der Waals surface area contributed by atoms with Crippen LogP contribution in [0.15, 0.2) is 54.9 Å². The van der Waals surface area contributed by atoms with E-state index in [0.29, 0.717) is 12.1 Å². The molecule has 2 aliphatic heterocycles. The largest absolute Gasteiger partial charge is 0.345 e. The molecule has 8 heteroatoms. The average Bonchev–Trinajstić information content (AvgIpc) is 3.46. The second-order valence-corrected chi connectivity index (χ2v) is 10.5. The van der Waals surface area contributed by atoms with Gasteiger partial charge in [-0.25, -0.2) is 9.37 Å². The van der Waals surface area contributed by atoms with Gasteiger partial charge in [0.1, 0.15) is 11.2 Å². The molecule has 3 heterocycles. The number of nitrogens with zero attached hydrogens (tertiary/aromatic N) is 4. The number of carbonyl (C=O) groups excluding carboxylic acids is 2. The zero-order chi connectivity index (χ0) is 26.2. The predicted octanol–water partition coefficient (Wildman–Crippen LogP) is 4.59. The van der Waals surface area contributed by atoms with E-state index in [2.05, 4.69) is 38.8 Å². The highest BCUT2D eigenvalue weighted by molar-refractivity contribution is 5.79. The first-order valence-electron chi connectivity index (χ1n) is 13.3. The summed E-state index contributed by atoms with van der Waals surface area (Å²) in [6.45, 7) is 4.03. The molecule has 0 spiro atoms. The zero-order valence-electron chi connectivity index (χ0n) is 21.9. The van der Waals surface area contributed by atoms with Gasteiger partial charge in [0.05, 0.1) is 11.8 Å². The molecule has 2 fully saturated rings. The Kier molecular flexibility index (Phi) is 7.03. The van der Waals surface area contributed by atoms with Crippen LogP contribution in [0.2, 0.25) is 0 Å². The molecule has 4 atom stereocenters. The van der Waals surface area contributed by atoms with Crippen molar-refractivity contribution in [3.63, 3.8) is 0 Å². The standard InChI is InChI=1S/C29H36FN5O2/c1-4-29(21-9-6-5-7-10-21,32-27(37)15-16-33(3)20(2)36)35-22-13-14-23(35)18-24(17-22)34-19-31-28-25(30)11-8-12-26(28)34/h5-12,19,22-24H,4,13-18H2,1-3H3,(H,32,37)/t22-,23+,24?,29-/m0/s1. The monoisotopic (exact) mass is 505 g/mol. The van der Waals surface area contributed by atoms with Crippen LogP contribution in [-0.4, -0.2) is 56.8 Å². The summed E-state index contributed by atoms with van der Waals surface area (Å²) in [7, 11) is 1.72. The van der Waals surface area contributed by atoms with Gasteiger partial charge in [-0.1, -0.05) is 43.3 Å². The molecule has 1 aromatic heterocycles. The number of piperidine rings is 1. The van der Waals surface area contributed by atoms with Gasteiger partial charge in [0.25, 0.3) is 0 Å². The molecule has 196 valence electrons. The highest BCUT2D eigenvalue weighted by Gasteiger charge is 2.52. The molecule has 1 unspecified atom stereocenters. The molecule has 2 bridgehead atoms. The van der Waals surface area contributed by atoms with Gasteiger partial charge in [-0.15, -0.1) is 0 Å². The van der Waals surface area contributed by atoms with Gasteiger partial charge >= 0.3 is 0 Å². The average molecular weight is 506 g/mol. The molecular formula is C29H36FN5O2. The van der Waals surface area contributed by atoms with Gasteiger partial charge in [-0.2, -0.15) is 0 Å². The highest BCUT2D eigenvalue weighted by Crippen LogP contribution is 2.48. The first-order chi connectivity index (χ1) is 17.8. The summed E-state index contributed by atoms with van der Waals surface area (Å²) in [6, 6.07) is 16.2. The Hall–Kier alpha value is -3.26. The quantitative estimate of drug-likeness (QED) is 0.486. The first-order valence-corrected chi connectivity index (χ1v) is 13.3. The van der Waals surface area contributed by atoms with Crippen molar-refractivity contribution in [1.82, 2.24) is 24.7 Å². The van der Waals surface area contributed by atoms with E-state index in [1.165, 1.54) is 13.0 Å². The number of amides is 2. The number of hydrogen-bond donors (Lipinski definition) is 1. The minimum absolute atomic E-state index is 0.0513. The lowest BCUT2D eigenvalue weighted by molar-refractivity contribution is -0.131. The smallest absolute Gasteiger partial charge is 0.223 e. The van der Waals surface area contributed by atoms with Gasteiger partial charge in [0.15, 0.2) is 5.82 Å². The summed E-state index contributed by atoms with van der Waals surface area (Å²) in [6.07, 6.45) is 6.70. The Balaban J connectivity index is 1.44. The van der Waals surface area contributed by atoms with Gasteiger partial charge in [-0.3, -0.25) is 14.5 Å². The molecule has 37 heavy (non-hydrogen) atoms. The van der Waals surface area contributed by atoms with E-state index in [1.807, 2.05) is 24.3 Å². The molecule has 2 aromatic carbocycles. The van der Waals surface area contributed by atoms with Crippen molar-refractivity contribution < 1.29 is 14.0 Å². The lowest BCUT2D eigenvalue weighted by Gasteiger charge is -2.52. The van der Waals surface area contributed by atoms with E-state index in [4.69, 9.17) is 0 Å². The molecule has 1 N–H and O–H groups in total. The molecule has 5 rings (SSSR count). The maximum absolute atomic E-state index is 14.3. The maximum atomic E-state index is 14.3. The fourth-order valence-corrected chi connectivity index (χ4v) is 6.51. The van der Waals surface area contributed by atoms with Crippen LogP contribution in [0, 0.1) is 5.82 Å². The van der Waals surface area contributed by atoms with Crippen molar-refractivity contribution in [1.29, 1.82) is 0 Å². The van der Waals surface area contributed by atoms with E-state index in [0.717, 1.165) is 43.2 Å². The summed E-state index contributed by atoms with van der Waals surface area (Å²) in [5.74, 6) is -0.398. The Morgan fingerprint density at radius 2 is 1.78 bits per heavy atom. The lowest BCUT2D eigenvalue weighted by Crippen LogP contribution is -2.63. The van der Waals surface area contributed by atoms with Crippen molar-refractivity contribution in [3.05, 3.63) is 66.2 Å². The first kappa shape index (κ1) is 25.4. The van der Waals surface area contributed by atoms with Crippen LogP contribution >= 0.6 is 0 Å². The predicted molar refractivity (Wildman–Crippen MR) is 141 cm³/mol. The van der Waals surface area contributed by atoms with Gasteiger partial charge < -0.3 is 14.8 Å². The summed E-state index contributed by atoms with van der Waals surface area (Å²) in [5.41, 5.74) is 1.71. The lowest BCUT2D eigenvalue weighted by atomic mass is 9.87. The molecular weight excluding hydrogens is 469 g/mol. The number of benzene rings is 2. The van der Waals surface area contributed by atoms with Crippen molar-refractivity contribution in [2.24, 2.45) is 0 Å². The number of imidazole rings is 1. The number of rotatable bonds is 8. The third kappa shape index (κ3) is 4.63. The normalized spacial score (nSPS) is 23.1. The van der Waals surface area contributed by atoms with E-state index in [1.54, 1.807) is 24.3 Å². The van der Waals surface area contributed by atoms with Gasteiger partial charge in [-0.05, 0) is 49.8 Å². The molecule has 7 nitrogen and oxygen atoms in total. The maximum Gasteiger partial charge on any atom is 0.223 e. The van der Waals surface area contributed by atoms with Crippen molar-refractivity contribution >= 4 is 22.8 Å². The summed E-state index contributed by atoms with van der Waals surface area (Å²) >= 11 is 0. The Bertz CT molecular complexity index is 1260. The highest BCUT2D eigenvalue weighted by atomic mass is 19.1. The van der Waals surface area contributed by atoms with Crippen molar-refractivity contribution in [2.75, 3.05) is 13.6 Å². The van der Waals surface area contributed by atoms with Crippen LogP contribution in [0.5, 0.6) is 0 Å². The summed E-state index contributed by atoms with van der Waals surface area (Å²) in [5, 5.41) is 3.43. The van der Waals surface area contributed by atoms with Crippen LogP contribution in [0.1, 0.15) is 64.0 Å².